The zero-order valence-corrected chi connectivity index (χ0v) is 18.0. The number of hydrogen-bond donors (Lipinski definition) is 0. The molecule has 2 heterocycles. The number of rotatable bonds is 4. The minimum Gasteiger partial charge on any atom is -0.342 e. The van der Waals surface area contributed by atoms with Gasteiger partial charge in [-0.3, -0.25) is 9.59 Å². The van der Waals surface area contributed by atoms with Crippen LogP contribution in [0.15, 0.2) is 72.0 Å². The first kappa shape index (κ1) is 19.7. The van der Waals surface area contributed by atoms with Gasteiger partial charge in [0.1, 0.15) is 0 Å². The molecule has 4 aliphatic rings. The monoisotopic (exact) mass is 434 g/mol. The Balaban J connectivity index is 1.33. The fourth-order valence-electron chi connectivity index (χ4n) is 5.75. The normalized spacial score (nSPS) is 25.8. The number of aromatic nitrogens is 1. The van der Waals surface area contributed by atoms with Crippen molar-refractivity contribution >= 4 is 28.9 Å². The predicted molar refractivity (Wildman–Crippen MR) is 124 cm³/mol. The van der Waals surface area contributed by atoms with Gasteiger partial charge in [0.05, 0.1) is 29.7 Å². The van der Waals surface area contributed by atoms with Gasteiger partial charge in [-0.25, -0.2) is 0 Å². The maximum atomic E-state index is 13.1. The minimum absolute atomic E-state index is 0.152. The van der Waals surface area contributed by atoms with Gasteiger partial charge in [0.2, 0.25) is 0 Å². The van der Waals surface area contributed by atoms with Crippen molar-refractivity contribution in [3.63, 3.8) is 0 Å². The number of benzene rings is 2. The molecule has 2 fully saturated rings. The van der Waals surface area contributed by atoms with E-state index in [-0.39, 0.29) is 35.5 Å². The average Bonchev–Trinajstić information content (AvgIpc) is 3.34. The molecule has 33 heavy (non-hydrogen) atoms. The second kappa shape index (κ2) is 7.56. The summed E-state index contributed by atoms with van der Waals surface area (Å²) < 4.78 is 2.07. The predicted octanol–water partition coefficient (Wildman–Crippen LogP) is 4.09. The number of hydrazone groups is 1. The molecule has 1 aliphatic heterocycles. The van der Waals surface area contributed by atoms with Gasteiger partial charge in [0.25, 0.3) is 11.8 Å². The summed E-state index contributed by atoms with van der Waals surface area (Å²) in [5.41, 5.74) is 3.41. The third kappa shape index (κ3) is 3.04. The van der Waals surface area contributed by atoms with E-state index in [9.17, 15) is 14.9 Å². The second-order valence-electron chi connectivity index (χ2n) is 9.07. The highest BCUT2D eigenvalue weighted by Crippen LogP contribution is 2.49. The van der Waals surface area contributed by atoms with Crippen LogP contribution in [0.5, 0.6) is 0 Å². The number of para-hydroxylation sites is 1. The lowest BCUT2D eigenvalue weighted by atomic mass is 9.63. The number of nitrogens with zero attached hydrogens (tertiary/aromatic N) is 4. The minimum atomic E-state index is -0.262. The van der Waals surface area contributed by atoms with Gasteiger partial charge < -0.3 is 4.57 Å². The molecule has 6 nitrogen and oxygen atoms in total. The topological polar surface area (TPSA) is 78.5 Å². The third-order valence-corrected chi connectivity index (χ3v) is 7.35. The molecule has 1 saturated heterocycles. The van der Waals surface area contributed by atoms with Gasteiger partial charge in [-0.05, 0) is 42.4 Å². The molecule has 2 aromatic carbocycles. The number of carbonyl (C=O) groups excluding carboxylic acids is 2. The highest BCUT2D eigenvalue weighted by molar-refractivity contribution is 6.07. The molecule has 2 amide bonds. The molecule has 2 bridgehead atoms. The highest BCUT2D eigenvalue weighted by atomic mass is 16.2. The second-order valence-corrected chi connectivity index (χ2v) is 9.07. The fraction of sp³-hybridized carbons (Fsp3) is 0.259. The molecule has 3 aliphatic carbocycles. The molecule has 0 unspecified atom stereocenters. The molecule has 162 valence electrons. The van der Waals surface area contributed by atoms with Crippen molar-refractivity contribution in [1.82, 2.24) is 9.58 Å². The van der Waals surface area contributed by atoms with Gasteiger partial charge in [-0.2, -0.15) is 15.4 Å². The maximum absolute atomic E-state index is 13.1. The van der Waals surface area contributed by atoms with Gasteiger partial charge in [-0.15, -0.1) is 0 Å². The smallest absolute Gasteiger partial charge is 0.254 e. The van der Waals surface area contributed by atoms with E-state index in [0.717, 1.165) is 39.9 Å². The van der Waals surface area contributed by atoms with Gasteiger partial charge in [0, 0.05) is 29.2 Å². The van der Waals surface area contributed by atoms with Gasteiger partial charge >= 0.3 is 0 Å². The third-order valence-electron chi connectivity index (χ3n) is 7.35. The van der Waals surface area contributed by atoms with E-state index in [4.69, 9.17) is 0 Å². The molecule has 1 saturated carbocycles. The molecule has 6 heteroatoms. The lowest BCUT2D eigenvalue weighted by Crippen LogP contribution is -2.38. The SMILES string of the molecule is N#Cc1ccccc1Cn1cc(/C=N\N2C(=O)[C@@H]3[C@@H](C2=O)[C@H]2C=C[C@H]3CC2)c2ccccc21. The van der Waals surface area contributed by atoms with Crippen molar-refractivity contribution in [1.29, 1.82) is 5.26 Å². The molecule has 4 atom stereocenters. The van der Waals surface area contributed by atoms with E-state index < -0.39 is 0 Å². The van der Waals surface area contributed by atoms with E-state index in [2.05, 4.69) is 27.9 Å². The maximum Gasteiger partial charge on any atom is 0.254 e. The summed E-state index contributed by atoms with van der Waals surface area (Å²) in [5.74, 6) is -0.569. The Kier molecular flexibility index (Phi) is 4.51. The highest BCUT2D eigenvalue weighted by Gasteiger charge is 2.56. The van der Waals surface area contributed by atoms with Crippen LogP contribution in [-0.2, 0) is 16.1 Å². The first-order valence-corrected chi connectivity index (χ1v) is 11.3. The number of nitriles is 1. The van der Waals surface area contributed by atoms with Crippen LogP contribution < -0.4 is 0 Å². The van der Waals surface area contributed by atoms with E-state index >= 15 is 0 Å². The Bertz CT molecular complexity index is 1360. The van der Waals surface area contributed by atoms with Crippen molar-refractivity contribution in [2.75, 3.05) is 0 Å². The van der Waals surface area contributed by atoms with Crippen LogP contribution in [0.4, 0.5) is 0 Å². The zero-order chi connectivity index (χ0) is 22.5. The van der Waals surface area contributed by atoms with Crippen LogP contribution in [0.3, 0.4) is 0 Å². The quantitative estimate of drug-likeness (QED) is 0.352. The summed E-state index contributed by atoms with van der Waals surface area (Å²) in [5, 5.41) is 15.9. The fourth-order valence-corrected chi connectivity index (χ4v) is 5.75. The first-order chi connectivity index (χ1) is 16.2. The summed E-state index contributed by atoms with van der Waals surface area (Å²) >= 11 is 0. The van der Waals surface area contributed by atoms with E-state index in [1.165, 1.54) is 0 Å². The zero-order valence-electron chi connectivity index (χ0n) is 18.0. The van der Waals surface area contributed by atoms with Crippen LogP contribution in [0, 0.1) is 35.0 Å². The van der Waals surface area contributed by atoms with E-state index in [1.54, 1.807) is 6.21 Å². The molecule has 0 radical (unpaired) electrons. The molecule has 0 spiro atoms. The van der Waals surface area contributed by atoms with E-state index in [1.807, 2.05) is 54.7 Å². The molecule has 1 aromatic heterocycles. The molecule has 3 aromatic rings. The number of imide groups is 1. The Labute approximate surface area is 191 Å². The summed E-state index contributed by atoms with van der Waals surface area (Å²) in [6, 6.07) is 17.7. The van der Waals surface area contributed by atoms with Crippen molar-refractivity contribution < 1.29 is 9.59 Å². The van der Waals surface area contributed by atoms with Crippen molar-refractivity contribution in [2.24, 2.45) is 28.8 Å². The number of amides is 2. The largest absolute Gasteiger partial charge is 0.342 e. The van der Waals surface area contributed by atoms with Crippen molar-refractivity contribution in [2.45, 2.75) is 19.4 Å². The lowest BCUT2D eigenvalue weighted by Gasteiger charge is -2.37. The molecular formula is C27H22N4O2. The number of hydrogen-bond acceptors (Lipinski definition) is 4. The van der Waals surface area contributed by atoms with Crippen LogP contribution in [0.1, 0.15) is 29.5 Å². The summed E-state index contributed by atoms with van der Waals surface area (Å²) in [6.07, 6.45) is 9.75. The van der Waals surface area contributed by atoms with Crippen LogP contribution in [-0.4, -0.2) is 27.6 Å². The van der Waals surface area contributed by atoms with Crippen molar-refractivity contribution in [3.8, 4) is 6.07 Å². The molecular weight excluding hydrogens is 412 g/mol. The van der Waals surface area contributed by atoms with Gasteiger partial charge in [0.15, 0.2) is 0 Å². The Morgan fingerprint density at radius 3 is 2.33 bits per heavy atom. The average molecular weight is 434 g/mol. The van der Waals surface area contributed by atoms with E-state index in [0.29, 0.717) is 12.1 Å². The Morgan fingerprint density at radius 1 is 0.970 bits per heavy atom. The number of allylic oxidation sites excluding steroid dienone is 2. The lowest BCUT2D eigenvalue weighted by molar-refractivity contribution is -0.140. The van der Waals surface area contributed by atoms with Crippen LogP contribution in [0.2, 0.25) is 0 Å². The van der Waals surface area contributed by atoms with Gasteiger partial charge in [-0.1, -0.05) is 48.6 Å². The first-order valence-electron chi connectivity index (χ1n) is 11.3. The Hall–Kier alpha value is -3.98. The molecule has 7 rings (SSSR count). The Morgan fingerprint density at radius 2 is 1.64 bits per heavy atom. The number of fused-ring (bicyclic) bond motifs is 2. The summed E-state index contributed by atoms with van der Waals surface area (Å²) in [7, 11) is 0. The number of carbonyl (C=O) groups is 2. The van der Waals surface area contributed by atoms with Crippen molar-refractivity contribution in [3.05, 3.63) is 83.6 Å². The summed E-state index contributed by atoms with van der Waals surface area (Å²) in [4.78, 5) is 26.1. The standard InChI is InChI=1S/C27H22N4O2/c28-13-19-5-1-2-6-20(19)15-30-16-21(22-7-3-4-8-23(22)30)14-29-31-26(32)24-17-9-10-18(12-11-17)25(24)27(31)33/h1-10,14,16-18,24-25H,11-12,15H2/b29-14-/t17-,18-,24-,25-/m0/s1. The molecule has 0 N–H and O–H groups in total. The van der Waals surface area contributed by atoms with Crippen LogP contribution >= 0.6 is 0 Å². The summed E-state index contributed by atoms with van der Waals surface area (Å²) in [6.45, 7) is 0.541. The van der Waals surface area contributed by atoms with Crippen LogP contribution in [0.25, 0.3) is 10.9 Å².